The summed E-state index contributed by atoms with van der Waals surface area (Å²) in [5.74, 6) is 1.01. The molecule has 0 unspecified atom stereocenters. The number of methoxy groups -OCH3 is 1. The van der Waals surface area contributed by atoms with Crippen molar-refractivity contribution in [3.8, 4) is 17.1 Å². The maximum absolute atomic E-state index is 13.0. The van der Waals surface area contributed by atoms with Crippen molar-refractivity contribution < 1.29 is 18.8 Å². The lowest BCUT2D eigenvalue weighted by atomic mass is 9.90. The van der Waals surface area contributed by atoms with Crippen LogP contribution in [-0.4, -0.2) is 39.6 Å². The molecule has 1 aliphatic heterocycles. The number of benzene rings is 1. The fourth-order valence-corrected chi connectivity index (χ4v) is 3.88. The number of hydrogen-bond donors (Lipinski definition) is 1. The highest BCUT2D eigenvalue weighted by Crippen LogP contribution is 2.33. The van der Waals surface area contributed by atoms with Crippen LogP contribution in [0.5, 0.6) is 5.75 Å². The van der Waals surface area contributed by atoms with Gasteiger partial charge in [0.15, 0.2) is 0 Å². The quantitative estimate of drug-likeness (QED) is 0.831. The third-order valence-corrected chi connectivity index (χ3v) is 5.31. The Hall–Kier alpha value is -2.90. The van der Waals surface area contributed by atoms with Crippen LogP contribution in [0, 0.1) is 0 Å². The van der Waals surface area contributed by atoms with Gasteiger partial charge < -0.3 is 14.6 Å². The molecule has 1 aromatic heterocycles. The monoisotopic (exact) mass is 370 g/mol. The molecule has 2 fully saturated rings. The first-order chi connectivity index (χ1) is 13.1. The van der Waals surface area contributed by atoms with Crippen LogP contribution in [0.15, 0.2) is 28.8 Å². The lowest BCUT2D eigenvalue weighted by Crippen LogP contribution is -2.46. The van der Waals surface area contributed by atoms with E-state index in [2.05, 4.69) is 15.5 Å². The second-order valence-electron chi connectivity index (χ2n) is 7.03. The maximum Gasteiger partial charge on any atom is 0.325 e. The topological polar surface area (TPSA) is 97.6 Å². The number of urea groups is 1. The van der Waals surface area contributed by atoms with E-state index in [9.17, 15) is 9.59 Å². The van der Waals surface area contributed by atoms with Gasteiger partial charge in [0.2, 0.25) is 11.7 Å². The minimum atomic E-state index is -0.765. The Labute approximate surface area is 156 Å². The zero-order chi connectivity index (χ0) is 18.9. The van der Waals surface area contributed by atoms with Gasteiger partial charge in [-0.1, -0.05) is 43.0 Å². The third-order valence-electron chi connectivity index (χ3n) is 5.31. The number of carbonyl (C=O) groups excluding carboxylic acids is 2. The molecule has 1 aliphatic carbocycles. The van der Waals surface area contributed by atoms with Crippen molar-refractivity contribution in [2.45, 2.75) is 50.6 Å². The number of para-hydroxylation sites is 1. The van der Waals surface area contributed by atoms with E-state index in [1.165, 1.54) is 4.90 Å². The molecular weight excluding hydrogens is 348 g/mol. The molecule has 142 valence electrons. The maximum atomic E-state index is 13.0. The molecule has 0 bridgehead atoms. The number of ether oxygens (including phenoxy) is 1. The zero-order valence-electron chi connectivity index (χ0n) is 15.2. The molecule has 8 nitrogen and oxygen atoms in total. The van der Waals surface area contributed by atoms with Crippen LogP contribution in [0.1, 0.15) is 44.4 Å². The minimum Gasteiger partial charge on any atom is -0.496 e. The highest BCUT2D eigenvalue weighted by Gasteiger charge is 2.51. The SMILES string of the molecule is COc1ccccc1-c1noc(CN2C(=O)NC3(CCCCCC3)C2=O)n1. The summed E-state index contributed by atoms with van der Waals surface area (Å²) in [5, 5.41) is 6.88. The molecular formula is C19H22N4O4. The molecule has 4 rings (SSSR count). The largest absolute Gasteiger partial charge is 0.496 e. The van der Waals surface area contributed by atoms with Gasteiger partial charge in [-0.2, -0.15) is 4.98 Å². The summed E-state index contributed by atoms with van der Waals surface area (Å²) in [4.78, 5) is 30.9. The predicted octanol–water partition coefficient (Wildman–Crippen LogP) is 2.89. The normalized spacial score (nSPS) is 19.2. The third kappa shape index (κ3) is 3.15. The summed E-state index contributed by atoms with van der Waals surface area (Å²) >= 11 is 0. The molecule has 8 heteroatoms. The molecule has 0 radical (unpaired) electrons. The molecule has 3 amide bonds. The highest BCUT2D eigenvalue weighted by molar-refractivity contribution is 6.06. The molecule has 1 saturated carbocycles. The highest BCUT2D eigenvalue weighted by atomic mass is 16.5. The van der Waals surface area contributed by atoms with Gasteiger partial charge in [-0.15, -0.1) is 0 Å². The molecule has 2 aliphatic rings. The Bertz CT molecular complexity index is 855. The first-order valence-corrected chi connectivity index (χ1v) is 9.23. The summed E-state index contributed by atoms with van der Waals surface area (Å²) in [6, 6.07) is 6.93. The minimum absolute atomic E-state index is 0.0332. The number of aromatic nitrogens is 2. The number of amides is 3. The number of rotatable bonds is 4. The van der Waals surface area contributed by atoms with E-state index in [4.69, 9.17) is 9.26 Å². The van der Waals surface area contributed by atoms with Gasteiger partial charge in [0, 0.05) is 0 Å². The van der Waals surface area contributed by atoms with Crippen LogP contribution in [0.2, 0.25) is 0 Å². The lowest BCUT2D eigenvalue weighted by Gasteiger charge is -2.24. The van der Waals surface area contributed by atoms with Crippen molar-refractivity contribution >= 4 is 11.9 Å². The smallest absolute Gasteiger partial charge is 0.325 e. The number of nitrogens with zero attached hydrogens (tertiary/aromatic N) is 3. The number of nitrogens with one attached hydrogen (secondary N) is 1. The standard InChI is InChI=1S/C19H22N4O4/c1-26-14-9-5-4-8-13(14)16-20-15(27-22-16)12-23-17(24)19(21-18(23)25)10-6-2-3-7-11-19/h4-5,8-9H,2-3,6-7,10-12H2,1H3,(H,21,25). The Balaban J connectivity index is 1.54. The summed E-state index contributed by atoms with van der Waals surface area (Å²) in [5.41, 5.74) is -0.0774. The average Bonchev–Trinajstić information content (AvgIpc) is 3.13. The van der Waals surface area contributed by atoms with Crippen molar-refractivity contribution in [3.05, 3.63) is 30.2 Å². The molecule has 1 saturated heterocycles. The fourth-order valence-electron chi connectivity index (χ4n) is 3.88. The zero-order valence-corrected chi connectivity index (χ0v) is 15.2. The number of carbonyl (C=O) groups is 2. The van der Waals surface area contributed by atoms with E-state index < -0.39 is 5.54 Å². The van der Waals surface area contributed by atoms with Crippen LogP contribution in [0.3, 0.4) is 0 Å². The van der Waals surface area contributed by atoms with E-state index in [-0.39, 0.29) is 24.4 Å². The van der Waals surface area contributed by atoms with Crippen LogP contribution < -0.4 is 10.1 Å². The van der Waals surface area contributed by atoms with Crippen molar-refractivity contribution in [1.82, 2.24) is 20.4 Å². The van der Waals surface area contributed by atoms with Gasteiger partial charge in [0.05, 0.1) is 12.7 Å². The van der Waals surface area contributed by atoms with Crippen molar-refractivity contribution in [2.24, 2.45) is 0 Å². The molecule has 27 heavy (non-hydrogen) atoms. The molecule has 1 spiro atoms. The van der Waals surface area contributed by atoms with Gasteiger partial charge in [-0.05, 0) is 25.0 Å². The first-order valence-electron chi connectivity index (χ1n) is 9.23. The van der Waals surface area contributed by atoms with Gasteiger partial charge >= 0.3 is 6.03 Å². The van der Waals surface area contributed by atoms with Crippen LogP contribution >= 0.6 is 0 Å². The second-order valence-corrected chi connectivity index (χ2v) is 7.03. The fraction of sp³-hybridized carbons (Fsp3) is 0.474. The van der Waals surface area contributed by atoms with E-state index in [1.807, 2.05) is 18.2 Å². The van der Waals surface area contributed by atoms with Crippen LogP contribution in [0.25, 0.3) is 11.4 Å². The van der Waals surface area contributed by atoms with Crippen molar-refractivity contribution in [3.63, 3.8) is 0 Å². The molecule has 0 atom stereocenters. The molecule has 1 N–H and O–H groups in total. The summed E-state index contributed by atoms with van der Waals surface area (Å²) in [6.07, 6.45) is 5.44. The van der Waals surface area contributed by atoms with E-state index in [0.29, 0.717) is 30.0 Å². The summed E-state index contributed by atoms with van der Waals surface area (Å²) in [7, 11) is 1.57. The molecule has 1 aromatic carbocycles. The van der Waals surface area contributed by atoms with Crippen molar-refractivity contribution in [1.29, 1.82) is 0 Å². The Morgan fingerprint density at radius 2 is 1.93 bits per heavy atom. The second kappa shape index (κ2) is 7.02. The summed E-state index contributed by atoms with van der Waals surface area (Å²) in [6.45, 7) is -0.0332. The summed E-state index contributed by atoms with van der Waals surface area (Å²) < 4.78 is 10.6. The van der Waals surface area contributed by atoms with Gasteiger partial charge in [-0.3, -0.25) is 9.69 Å². The molecule has 2 heterocycles. The number of hydrogen-bond acceptors (Lipinski definition) is 6. The van der Waals surface area contributed by atoms with Crippen molar-refractivity contribution in [2.75, 3.05) is 7.11 Å². The Morgan fingerprint density at radius 3 is 2.67 bits per heavy atom. The predicted molar refractivity (Wildman–Crippen MR) is 95.8 cm³/mol. The van der Waals surface area contributed by atoms with Crippen LogP contribution in [-0.2, 0) is 11.3 Å². The van der Waals surface area contributed by atoms with Gasteiger partial charge in [0.25, 0.3) is 5.91 Å². The lowest BCUT2D eigenvalue weighted by molar-refractivity contribution is -0.132. The molecule has 2 aromatic rings. The van der Waals surface area contributed by atoms with E-state index in [0.717, 1.165) is 25.7 Å². The first kappa shape index (κ1) is 17.5. The average molecular weight is 370 g/mol. The Morgan fingerprint density at radius 1 is 1.19 bits per heavy atom. The Kier molecular flexibility index (Phi) is 4.55. The van der Waals surface area contributed by atoms with Crippen LogP contribution in [0.4, 0.5) is 4.79 Å². The number of imide groups is 1. The van der Waals surface area contributed by atoms with E-state index >= 15 is 0 Å². The van der Waals surface area contributed by atoms with Gasteiger partial charge in [-0.25, -0.2) is 4.79 Å². The van der Waals surface area contributed by atoms with Gasteiger partial charge in [0.1, 0.15) is 17.8 Å². The van der Waals surface area contributed by atoms with E-state index in [1.54, 1.807) is 13.2 Å².